The Hall–Kier alpha value is -5.37. The first kappa shape index (κ1) is 35.5. The molecule has 0 amide bonds. The lowest BCUT2D eigenvalue weighted by Crippen LogP contribution is -2.75. The number of ether oxygens (including phenoxy) is 2. The second-order valence-electron chi connectivity index (χ2n) is 11.0. The van der Waals surface area contributed by atoms with E-state index in [9.17, 15) is 80.8 Å². The Morgan fingerprint density at radius 2 is 0.917 bits per heavy atom. The van der Waals surface area contributed by atoms with E-state index in [-0.39, 0.29) is 5.56 Å². The molecule has 0 saturated carbocycles. The molecule has 0 unspecified atom stereocenters. The first-order chi connectivity index (χ1) is 22.3. The third kappa shape index (κ3) is 6.43. The lowest BCUT2D eigenvalue weighted by atomic mass is 9.68. The highest BCUT2D eigenvalue weighted by atomic mass is 16.7. The van der Waals surface area contributed by atoms with E-state index in [0.717, 1.165) is 12.1 Å². The van der Waals surface area contributed by atoms with Crippen molar-refractivity contribution >= 4 is 17.3 Å². The molecule has 0 bridgehead atoms. The van der Waals surface area contributed by atoms with Crippen molar-refractivity contribution in [2.24, 2.45) is 0 Å². The van der Waals surface area contributed by atoms with Gasteiger partial charge in [0.2, 0.25) is 0 Å². The maximum absolute atomic E-state index is 13.3. The minimum Gasteiger partial charge on any atom is -0.504 e. The van der Waals surface area contributed by atoms with Gasteiger partial charge in [-0.15, -0.1) is 0 Å². The van der Waals surface area contributed by atoms with Crippen LogP contribution in [-0.4, -0.2) is 127 Å². The Balaban J connectivity index is 1.64. The van der Waals surface area contributed by atoms with Crippen LogP contribution in [0.2, 0.25) is 0 Å². The van der Waals surface area contributed by atoms with Gasteiger partial charge in [-0.3, -0.25) is 14.4 Å². The van der Waals surface area contributed by atoms with Crippen molar-refractivity contribution in [3.63, 3.8) is 0 Å². The van der Waals surface area contributed by atoms with Crippen LogP contribution in [0, 0.1) is 0 Å². The molecule has 1 saturated heterocycles. The van der Waals surface area contributed by atoms with Crippen LogP contribution in [0.1, 0.15) is 43.9 Å². The van der Waals surface area contributed by atoms with Crippen LogP contribution in [0.15, 0.2) is 36.4 Å². The molecular weight excluding hydrogens is 648 g/mol. The summed E-state index contributed by atoms with van der Waals surface area (Å²) >= 11 is 0. The van der Waals surface area contributed by atoms with E-state index < -0.39 is 136 Å². The van der Waals surface area contributed by atoms with Crippen LogP contribution in [0.25, 0.3) is 0 Å². The zero-order valence-electron chi connectivity index (χ0n) is 24.4. The van der Waals surface area contributed by atoms with E-state index in [4.69, 9.17) is 9.47 Å². The predicted octanol–water partition coefficient (Wildman–Crippen LogP) is -0.677. The number of carbonyl (C=O) groups is 3. The number of Topliss-reactive ketones (excluding diaryl/α,β-unsaturated/α-hetero) is 3. The molecular formula is C30H30O18. The second-order valence-corrected chi connectivity index (χ2v) is 11.0. The number of aliphatic hydroxyl groups excluding tert-OH is 2. The molecule has 3 aromatic rings. The summed E-state index contributed by atoms with van der Waals surface area (Å²) in [5, 5.41) is 133. The van der Waals surface area contributed by atoms with Crippen LogP contribution in [-0.2, 0) is 9.47 Å². The molecule has 13 N–H and O–H groups in total. The maximum Gasteiger partial charge on any atom is 0.200 e. The molecule has 5 atom stereocenters. The zero-order chi connectivity index (χ0) is 35.9. The summed E-state index contributed by atoms with van der Waals surface area (Å²) in [4.78, 5) is 39.0. The number of aliphatic hydroxyl groups is 4. The lowest BCUT2D eigenvalue weighted by Gasteiger charge is -2.53. The molecule has 0 aliphatic carbocycles. The summed E-state index contributed by atoms with van der Waals surface area (Å²) in [5.41, 5.74) is -8.01. The molecule has 1 heterocycles. The number of benzene rings is 3. The number of aromatic hydroxyl groups is 9. The summed E-state index contributed by atoms with van der Waals surface area (Å²) in [6.45, 7) is -1.69. The fraction of sp³-hybridized carbons (Fsp3) is 0.300. The zero-order valence-corrected chi connectivity index (χ0v) is 24.4. The smallest absolute Gasteiger partial charge is 0.200 e. The number of hydrogen-bond acceptors (Lipinski definition) is 18. The largest absolute Gasteiger partial charge is 0.504 e. The van der Waals surface area contributed by atoms with Crippen molar-refractivity contribution < 1.29 is 90.2 Å². The quantitative estimate of drug-likeness (QED) is 0.0882. The van der Waals surface area contributed by atoms with Gasteiger partial charge in [-0.25, -0.2) is 0 Å². The SMILES string of the molecule is O=C(COC[C@H]1O[C@@H](O)[C@@](O)(CC(=O)c2cc(O)c(O)c(O)c2)[C@](O)(CC(=O)c2cc(O)c(O)c(O)c2)[C@@H]1O)c1cc(O)c(O)c(O)c1. The molecule has 1 aliphatic rings. The maximum atomic E-state index is 13.3. The molecule has 18 heteroatoms. The molecule has 258 valence electrons. The highest BCUT2D eigenvalue weighted by molar-refractivity contribution is 6.00. The average molecular weight is 679 g/mol. The Morgan fingerprint density at radius 1 is 0.583 bits per heavy atom. The summed E-state index contributed by atoms with van der Waals surface area (Å²) in [7, 11) is 0. The number of rotatable bonds is 11. The van der Waals surface area contributed by atoms with Crippen molar-refractivity contribution in [2.45, 2.75) is 42.5 Å². The van der Waals surface area contributed by atoms with Gasteiger partial charge in [0.15, 0.2) is 81.0 Å². The van der Waals surface area contributed by atoms with Gasteiger partial charge in [0.05, 0.1) is 6.61 Å². The monoisotopic (exact) mass is 678 g/mol. The van der Waals surface area contributed by atoms with E-state index in [1.54, 1.807) is 0 Å². The van der Waals surface area contributed by atoms with Crippen molar-refractivity contribution in [3.05, 3.63) is 53.1 Å². The third-order valence-electron chi connectivity index (χ3n) is 7.85. The molecule has 3 aromatic carbocycles. The predicted molar refractivity (Wildman–Crippen MR) is 154 cm³/mol. The molecule has 48 heavy (non-hydrogen) atoms. The Bertz CT molecular complexity index is 1700. The van der Waals surface area contributed by atoms with Gasteiger partial charge in [0.1, 0.15) is 24.4 Å². The summed E-state index contributed by atoms with van der Waals surface area (Å²) in [6.07, 6.45) is -9.63. The van der Waals surface area contributed by atoms with Gasteiger partial charge in [-0.1, -0.05) is 0 Å². The molecule has 0 radical (unpaired) electrons. The molecule has 0 spiro atoms. The van der Waals surface area contributed by atoms with Gasteiger partial charge in [0.25, 0.3) is 0 Å². The highest BCUT2D eigenvalue weighted by Crippen LogP contribution is 2.45. The number of carbonyl (C=O) groups excluding carboxylic acids is 3. The van der Waals surface area contributed by atoms with Gasteiger partial charge in [-0.2, -0.15) is 0 Å². The van der Waals surface area contributed by atoms with Gasteiger partial charge in [0, 0.05) is 29.5 Å². The minimum absolute atomic E-state index is 0.324. The molecule has 18 nitrogen and oxygen atoms in total. The standard InChI is InChI=1S/C30H30O18/c31-14-1-11(2-15(32)24(14)40)20(37)7-29(45)27(43)23(10-47-9-22(39)13-5-18(35)26(42)19(36)6-13)48-28(44)30(29,46)8-21(38)12-3-16(33)25(41)17(34)4-12/h1-6,23,27-28,31-36,40-46H,7-10H2/t23-,27-,28-,29+,30+/m1/s1. The fourth-order valence-corrected chi connectivity index (χ4v) is 5.10. The van der Waals surface area contributed by atoms with Gasteiger partial charge in [-0.05, 0) is 36.4 Å². The molecule has 1 aliphatic heterocycles. The Morgan fingerprint density at radius 3 is 1.29 bits per heavy atom. The second kappa shape index (κ2) is 13.0. The lowest BCUT2D eigenvalue weighted by molar-refractivity contribution is -0.362. The van der Waals surface area contributed by atoms with E-state index in [2.05, 4.69) is 0 Å². The van der Waals surface area contributed by atoms with E-state index >= 15 is 0 Å². The summed E-state index contributed by atoms with van der Waals surface area (Å²) in [6, 6.07) is 4.29. The normalized spacial score (nSPS) is 23.9. The minimum atomic E-state index is -3.28. The number of ketones is 3. The fourth-order valence-electron chi connectivity index (χ4n) is 5.10. The van der Waals surface area contributed by atoms with Gasteiger partial charge >= 0.3 is 0 Å². The molecule has 0 aromatic heterocycles. The van der Waals surface area contributed by atoms with Crippen LogP contribution in [0.4, 0.5) is 0 Å². The van der Waals surface area contributed by atoms with Crippen LogP contribution in [0.5, 0.6) is 51.7 Å². The van der Waals surface area contributed by atoms with Crippen molar-refractivity contribution in [1.29, 1.82) is 0 Å². The number of phenolic OH excluding ortho intramolecular Hbond substituents is 9. The first-order valence-electron chi connectivity index (χ1n) is 13.7. The van der Waals surface area contributed by atoms with Crippen molar-refractivity contribution in [3.8, 4) is 51.7 Å². The van der Waals surface area contributed by atoms with Crippen molar-refractivity contribution in [2.75, 3.05) is 13.2 Å². The van der Waals surface area contributed by atoms with Crippen molar-refractivity contribution in [1.82, 2.24) is 0 Å². The Kier molecular flexibility index (Phi) is 9.63. The topological polar surface area (TPSA) is 333 Å². The van der Waals surface area contributed by atoms with Gasteiger partial charge < -0.3 is 75.9 Å². The van der Waals surface area contributed by atoms with Crippen LogP contribution < -0.4 is 0 Å². The van der Waals surface area contributed by atoms with E-state index in [1.807, 2.05) is 0 Å². The average Bonchev–Trinajstić information content (AvgIpc) is 3.02. The summed E-state index contributed by atoms with van der Waals surface area (Å²) < 4.78 is 10.4. The van der Waals surface area contributed by atoms with E-state index in [1.165, 1.54) is 0 Å². The number of hydrogen-bond donors (Lipinski definition) is 13. The molecule has 4 rings (SSSR count). The number of phenols is 9. The Labute approximate surface area is 268 Å². The van der Waals surface area contributed by atoms with Crippen LogP contribution in [0.3, 0.4) is 0 Å². The highest BCUT2D eigenvalue weighted by Gasteiger charge is 2.65. The van der Waals surface area contributed by atoms with E-state index in [0.29, 0.717) is 24.3 Å². The third-order valence-corrected chi connectivity index (χ3v) is 7.85. The summed E-state index contributed by atoms with van der Waals surface area (Å²) in [5.74, 6) is -11.8. The van der Waals surface area contributed by atoms with Crippen LogP contribution >= 0.6 is 0 Å². The first-order valence-corrected chi connectivity index (χ1v) is 13.7. The molecule has 1 fully saturated rings.